The fraction of sp³-hybridized carbons (Fsp3) is 0.385. The molecule has 0 bridgehead atoms. The molecular formula is C13H16O7. The number of esters is 2. The summed E-state index contributed by atoms with van der Waals surface area (Å²) in [5, 5.41) is 0. The predicted molar refractivity (Wildman–Crippen MR) is 68.7 cm³/mol. The minimum atomic E-state index is -0.605. The largest absolute Gasteiger partial charge is 0.493 e. The van der Waals surface area contributed by atoms with Crippen LogP contribution in [0, 0.1) is 0 Å². The van der Waals surface area contributed by atoms with Crippen LogP contribution in [0.4, 0.5) is 0 Å². The lowest BCUT2D eigenvalue weighted by Gasteiger charge is -2.17. The zero-order valence-electron chi connectivity index (χ0n) is 11.9. The van der Waals surface area contributed by atoms with Crippen LogP contribution in [0.15, 0.2) is 6.07 Å². The number of benzene rings is 1. The lowest BCUT2D eigenvalue weighted by Crippen LogP contribution is -2.10. The van der Waals surface area contributed by atoms with Gasteiger partial charge in [0.2, 0.25) is 17.2 Å². The smallest absolute Gasteiger partial charge is 0.308 e. The molecule has 0 amide bonds. The Kier molecular flexibility index (Phi) is 5.19. The van der Waals surface area contributed by atoms with Crippen molar-refractivity contribution in [3.63, 3.8) is 0 Å². The van der Waals surface area contributed by atoms with Crippen LogP contribution in [0.3, 0.4) is 0 Å². The van der Waals surface area contributed by atoms with E-state index in [-0.39, 0.29) is 28.7 Å². The van der Waals surface area contributed by atoms with Gasteiger partial charge < -0.3 is 23.7 Å². The topological polar surface area (TPSA) is 80.3 Å². The normalized spacial score (nSPS) is 9.65. The quantitative estimate of drug-likeness (QED) is 0.599. The Balaban J connectivity index is 3.57. The Morgan fingerprint density at radius 1 is 0.750 bits per heavy atom. The van der Waals surface area contributed by atoms with Gasteiger partial charge in [-0.3, -0.25) is 9.59 Å². The van der Waals surface area contributed by atoms with Crippen LogP contribution in [0.1, 0.15) is 13.8 Å². The van der Waals surface area contributed by atoms with Crippen molar-refractivity contribution in [3.05, 3.63) is 6.07 Å². The van der Waals surface area contributed by atoms with Crippen molar-refractivity contribution in [3.8, 4) is 28.7 Å². The van der Waals surface area contributed by atoms with Gasteiger partial charge in [-0.1, -0.05) is 0 Å². The van der Waals surface area contributed by atoms with Gasteiger partial charge in [0.1, 0.15) is 0 Å². The van der Waals surface area contributed by atoms with Crippen molar-refractivity contribution in [2.24, 2.45) is 0 Å². The molecule has 7 nitrogen and oxygen atoms in total. The van der Waals surface area contributed by atoms with Gasteiger partial charge in [-0.05, 0) is 0 Å². The molecule has 20 heavy (non-hydrogen) atoms. The van der Waals surface area contributed by atoms with Gasteiger partial charge in [0.05, 0.1) is 21.3 Å². The first-order valence-corrected chi connectivity index (χ1v) is 5.64. The average Bonchev–Trinajstić information content (AvgIpc) is 2.38. The Morgan fingerprint density at radius 3 is 1.60 bits per heavy atom. The molecule has 0 saturated heterocycles. The number of carbonyl (C=O) groups is 2. The van der Waals surface area contributed by atoms with Crippen molar-refractivity contribution in [1.82, 2.24) is 0 Å². The monoisotopic (exact) mass is 284 g/mol. The summed E-state index contributed by atoms with van der Waals surface area (Å²) in [7, 11) is 4.17. The van der Waals surface area contributed by atoms with E-state index in [9.17, 15) is 9.59 Å². The first kappa shape index (κ1) is 15.6. The molecule has 0 saturated carbocycles. The summed E-state index contributed by atoms with van der Waals surface area (Å²) in [6, 6.07) is 1.46. The van der Waals surface area contributed by atoms with E-state index in [0.717, 1.165) is 0 Å². The van der Waals surface area contributed by atoms with E-state index in [0.29, 0.717) is 0 Å². The standard InChI is InChI=1S/C13H16O7/c1-7(14)19-12-10(17-4)6-9(16-3)11(18-5)13(12)20-8(2)15/h6H,1-5H3. The van der Waals surface area contributed by atoms with Crippen molar-refractivity contribution < 1.29 is 33.3 Å². The van der Waals surface area contributed by atoms with Gasteiger partial charge in [-0.25, -0.2) is 0 Å². The van der Waals surface area contributed by atoms with Crippen LogP contribution in [-0.2, 0) is 9.59 Å². The molecule has 0 radical (unpaired) electrons. The molecule has 0 aromatic heterocycles. The van der Waals surface area contributed by atoms with Crippen LogP contribution in [0.5, 0.6) is 28.7 Å². The molecule has 0 unspecified atom stereocenters. The number of hydrogen-bond acceptors (Lipinski definition) is 7. The molecule has 0 fully saturated rings. The highest BCUT2D eigenvalue weighted by atomic mass is 16.6. The van der Waals surface area contributed by atoms with Crippen LogP contribution in [0.2, 0.25) is 0 Å². The number of carbonyl (C=O) groups excluding carboxylic acids is 2. The van der Waals surface area contributed by atoms with E-state index in [1.165, 1.54) is 41.2 Å². The van der Waals surface area contributed by atoms with Crippen LogP contribution < -0.4 is 23.7 Å². The number of rotatable bonds is 5. The second-order valence-corrected chi connectivity index (χ2v) is 3.66. The molecule has 0 N–H and O–H groups in total. The molecule has 1 rings (SSSR count). The van der Waals surface area contributed by atoms with E-state index in [1.807, 2.05) is 0 Å². The van der Waals surface area contributed by atoms with Crippen LogP contribution >= 0.6 is 0 Å². The number of ether oxygens (including phenoxy) is 5. The summed E-state index contributed by atoms with van der Waals surface area (Å²) in [6.07, 6.45) is 0. The zero-order chi connectivity index (χ0) is 15.3. The summed E-state index contributed by atoms with van der Waals surface area (Å²) >= 11 is 0. The van der Waals surface area contributed by atoms with Crippen molar-refractivity contribution in [1.29, 1.82) is 0 Å². The van der Waals surface area contributed by atoms with Crippen LogP contribution in [0.25, 0.3) is 0 Å². The Hall–Kier alpha value is -2.44. The lowest BCUT2D eigenvalue weighted by atomic mass is 10.2. The third-order valence-corrected chi connectivity index (χ3v) is 2.26. The van der Waals surface area contributed by atoms with Gasteiger partial charge in [0.15, 0.2) is 11.5 Å². The van der Waals surface area contributed by atoms with Gasteiger partial charge in [0.25, 0.3) is 0 Å². The maximum Gasteiger partial charge on any atom is 0.308 e. The summed E-state index contributed by atoms with van der Waals surface area (Å²) in [5.41, 5.74) is 0. The molecule has 110 valence electrons. The van der Waals surface area contributed by atoms with Gasteiger partial charge in [-0.2, -0.15) is 0 Å². The molecule has 0 aliphatic rings. The SMILES string of the molecule is COc1cc(OC)c(OC(C)=O)c(OC(C)=O)c1OC. The zero-order valence-corrected chi connectivity index (χ0v) is 11.9. The molecule has 1 aromatic carbocycles. The molecular weight excluding hydrogens is 268 g/mol. The molecule has 0 atom stereocenters. The summed E-state index contributed by atoms with van der Waals surface area (Å²) in [5.74, 6) is -0.750. The summed E-state index contributed by atoms with van der Waals surface area (Å²) in [6.45, 7) is 2.43. The van der Waals surface area contributed by atoms with Gasteiger partial charge in [-0.15, -0.1) is 0 Å². The van der Waals surface area contributed by atoms with E-state index < -0.39 is 11.9 Å². The predicted octanol–water partition coefficient (Wildman–Crippen LogP) is 1.56. The fourth-order valence-electron chi connectivity index (χ4n) is 1.55. The second kappa shape index (κ2) is 6.65. The average molecular weight is 284 g/mol. The molecule has 1 aromatic rings. The van der Waals surface area contributed by atoms with Crippen LogP contribution in [-0.4, -0.2) is 33.3 Å². The number of methoxy groups -OCH3 is 3. The number of hydrogen-bond donors (Lipinski definition) is 0. The Morgan fingerprint density at radius 2 is 1.20 bits per heavy atom. The molecule has 0 aliphatic heterocycles. The van der Waals surface area contributed by atoms with Crippen molar-refractivity contribution >= 4 is 11.9 Å². The fourth-order valence-corrected chi connectivity index (χ4v) is 1.55. The third kappa shape index (κ3) is 3.31. The molecule has 0 heterocycles. The highest BCUT2D eigenvalue weighted by Gasteiger charge is 2.25. The van der Waals surface area contributed by atoms with E-state index in [4.69, 9.17) is 23.7 Å². The Bertz CT molecular complexity index is 522. The van der Waals surface area contributed by atoms with Crippen molar-refractivity contribution in [2.45, 2.75) is 13.8 Å². The van der Waals surface area contributed by atoms with Gasteiger partial charge in [0, 0.05) is 19.9 Å². The first-order chi connectivity index (χ1) is 9.44. The minimum Gasteiger partial charge on any atom is -0.493 e. The van der Waals surface area contributed by atoms with E-state index in [1.54, 1.807) is 0 Å². The molecule has 0 spiro atoms. The Labute approximate surface area is 116 Å². The minimum absolute atomic E-state index is 0.0483. The van der Waals surface area contributed by atoms with Gasteiger partial charge >= 0.3 is 11.9 Å². The second-order valence-electron chi connectivity index (χ2n) is 3.66. The lowest BCUT2D eigenvalue weighted by molar-refractivity contribution is -0.134. The molecule has 7 heteroatoms. The first-order valence-electron chi connectivity index (χ1n) is 5.64. The third-order valence-electron chi connectivity index (χ3n) is 2.26. The maximum atomic E-state index is 11.2. The van der Waals surface area contributed by atoms with E-state index in [2.05, 4.69) is 0 Å². The highest BCUT2D eigenvalue weighted by Crippen LogP contribution is 2.50. The highest BCUT2D eigenvalue weighted by molar-refractivity contribution is 5.79. The summed E-state index contributed by atoms with van der Waals surface area (Å²) in [4.78, 5) is 22.4. The van der Waals surface area contributed by atoms with Crippen molar-refractivity contribution in [2.75, 3.05) is 21.3 Å². The van der Waals surface area contributed by atoms with E-state index >= 15 is 0 Å². The summed E-state index contributed by atoms with van der Waals surface area (Å²) < 4.78 is 25.5. The maximum absolute atomic E-state index is 11.2. The molecule has 0 aliphatic carbocycles.